The van der Waals surface area contributed by atoms with Crippen molar-refractivity contribution in [2.45, 2.75) is 36.6 Å². The summed E-state index contributed by atoms with van der Waals surface area (Å²) in [4.78, 5) is 9.27. The smallest absolute Gasteiger partial charge is 0.224 e. The predicted octanol–water partition coefficient (Wildman–Crippen LogP) is 2.15. The summed E-state index contributed by atoms with van der Waals surface area (Å²) in [5, 5.41) is 8.54. The molecular formula is C19H24N6O2S. The van der Waals surface area contributed by atoms with Crippen LogP contribution in [0.15, 0.2) is 41.6 Å². The van der Waals surface area contributed by atoms with E-state index in [1.165, 1.54) is 6.26 Å². The van der Waals surface area contributed by atoms with Gasteiger partial charge in [-0.05, 0) is 55.9 Å². The number of sulfone groups is 1. The van der Waals surface area contributed by atoms with Gasteiger partial charge in [-0.15, -0.1) is 0 Å². The quantitative estimate of drug-likeness (QED) is 0.674. The Balaban J connectivity index is 1.54. The Bertz CT molecular complexity index is 1070. The number of nitrogens with zero attached hydrogens (tertiary/aromatic N) is 4. The highest BCUT2D eigenvalue weighted by Crippen LogP contribution is 2.24. The van der Waals surface area contributed by atoms with Crippen molar-refractivity contribution in [1.82, 2.24) is 19.7 Å². The number of nitrogens with two attached hydrogens (primary N) is 1. The molecule has 3 N–H and O–H groups in total. The fraction of sp³-hybridized carbons (Fsp3) is 0.421. The molecule has 148 valence electrons. The van der Waals surface area contributed by atoms with Gasteiger partial charge in [0.05, 0.1) is 22.2 Å². The highest BCUT2D eigenvalue weighted by Gasteiger charge is 2.18. The van der Waals surface area contributed by atoms with Gasteiger partial charge in [0.2, 0.25) is 5.95 Å². The van der Waals surface area contributed by atoms with Crippen LogP contribution in [0.1, 0.15) is 25.7 Å². The molecule has 2 heterocycles. The summed E-state index contributed by atoms with van der Waals surface area (Å²) in [6, 6.07) is 6.94. The Morgan fingerprint density at radius 1 is 1.14 bits per heavy atom. The van der Waals surface area contributed by atoms with Crippen molar-refractivity contribution in [3.8, 4) is 5.69 Å². The topological polar surface area (TPSA) is 116 Å². The molecule has 0 atom stereocenters. The van der Waals surface area contributed by atoms with E-state index in [1.807, 2.05) is 0 Å². The molecule has 1 aliphatic rings. The maximum atomic E-state index is 11.6. The lowest BCUT2D eigenvalue weighted by Gasteiger charge is -2.26. The summed E-state index contributed by atoms with van der Waals surface area (Å²) in [7, 11) is -3.23. The molecule has 0 bridgehead atoms. The molecule has 0 spiro atoms. The Kier molecular flexibility index (Phi) is 5.03. The molecule has 1 saturated carbocycles. The fourth-order valence-corrected chi connectivity index (χ4v) is 4.18. The van der Waals surface area contributed by atoms with Crippen LogP contribution in [0, 0.1) is 5.92 Å². The molecule has 1 aliphatic carbocycles. The first-order valence-electron chi connectivity index (χ1n) is 9.41. The van der Waals surface area contributed by atoms with E-state index in [0.717, 1.165) is 43.3 Å². The van der Waals surface area contributed by atoms with Crippen molar-refractivity contribution < 1.29 is 8.42 Å². The lowest BCUT2D eigenvalue weighted by atomic mass is 9.86. The van der Waals surface area contributed by atoms with E-state index in [1.54, 1.807) is 41.3 Å². The third kappa shape index (κ3) is 4.00. The van der Waals surface area contributed by atoms with E-state index in [4.69, 9.17) is 5.73 Å². The molecule has 0 amide bonds. The molecule has 0 saturated heterocycles. The molecule has 9 heteroatoms. The van der Waals surface area contributed by atoms with E-state index < -0.39 is 9.84 Å². The second kappa shape index (κ2) is 7.48. The lowest BCUT2D eigenvalue weighted by molar-refractivity contribution is 0.338. The first kappa shape index (κ1) is 18.8. The first-order valence-corrected chi connectivity index (χ1v) is 11.3. The monoisotopic (exact) mass is 400 g/mol. The SMILES string of the molecule is CS(=O)(=O)c1ccc(-n2ncc3cnc(NCC4CCC(N)CC4)nc32)cc1. The van der Waals surface area contributed by atoms with Gasteiger partial charge in [0.25, 0.3) is 0 Å². The number of rotatable bonds is 5. The first-order chi connectivity index (χ1) is 13.4. The van der Waals surface area contributed by atoms with Crippen molar-refractivity contribution in [2.24, 2.45) is 11.7 Å². The van der Waals surface area contributed by atoms with Gasteiger partial charge in [-0.3, -0.25) is 0 Å². The van der Waals surface area contributed by atoms with Crippen molar-refractivity contribution in [3.05, 3.63) is 36.7 Å². The molecule has 28 heavy (non-hydrogen) atoms. The Hall–Kier alpha value is -2.52. The van der Waals surface area contributed by atoms with Crippen LogP contribution in [0.25, 0.3) is 16.7 Å². The summed E-state index contributed by atoms with van der Waals surface area (Å²) in [5.74, 6) is 1.16. The van der Waals surface area contributed by atoms with E-state index in [-0.39, 0.29) is 4.90 Å². The fourth-order valence-electron chi connectivity index (χ4n) is 3.55. The van der Waals surface area contributed by atoms with E-state index in [0.29, 0.717) is 23.6 Å². The van der Waals surface area contributed by atoms with Gasteiger partial charge in [-0.2, -0.15) is 10.1 Å². The highest BCUT2D eigenvalue weighted by atomic mass is 32.2. The van der Waals surface area contributed by atoms with Gasteiger partial charge in [-0.1, -0.05) is 0 Å². The van der Waals surface area contributed by atoms with Crippen LogP contribution in [0.2, 0.25) is 0 Å². The zero-order valence-electron chi connectivity index (χ0n) is 15.7. The molecule has 0 radical (unpaired) electrons. The highest BCUT2D eigenvalue weighted by molar-refractivity contribution is 7.90. The molecule has 3 aromatic rings. The average molecular weight is 401 g/mol. The number of benzene rings is 1. The van der Waals surface area contributed by atoms with E-state index in [2.05, 4.69) is 20.4 Å². The van der Waals surface area contributed by atoms with Crippen LogP contribution in [-0.2, 0) is 9.84 Å². The van der Waals surface area contributed by atoms with Crippen LogP contribution in [-0.4, -0.2) is 47.0 Å². The van der Waals surface area contributed by atoms with Crippen LogP contribution < -0.4 is 11.1 Å². The zero-order valence-corrected chi connectivity index (χ0v) is 16.6. The normalized spacial score (nSPS) is 20.4. The number of aromatic nitrogens is 4. The van der Waals surface area contributed by atoms with Crippen molar-refractivity contribution in [3.63, 3.8) is 0 Å². The van der Waals surface area contributed by atoms with Crippen LogP contribution in [0.3, 0.4) is 0 Å². The van der Waals surface area contributed by atoms with Crippen molar-refractivity contribution in [1.29, 1.82) is 0 Å². The number of hydrogen-bond acceptors (Lipinski definition) is 7. The molecule has 0 unspecified atom stereocenters. The second-order valence-corrected chi connectivity index (χ2v) is 9.47. The Morgan fingerprint density at radius 2 is 1.86 bits per heavy atom. The minimum Gasteiger partial charge on any atom is -0.354 e. The van der Waals surface area contributed by atoms with Gasteiger partial charge < -0.3 is 11.1 Å². The van der Waals surface area contributed by atoms with Gasteiger partial charge in [-0.25, -0.2) is 18.1 Å². The Morgan fingerprint density at radius 3 is 2.54 bits per heavy atom. The van der Waals surface area contributed by atoms with Gasteiger partial charge >= 0.3 is 0 Å². The summed E-state index contributed by atoms with van der Waals surface area (Å²) in [6.45, 7) is 0.829. The molecule has 0 aliphatic heterocycles. The maximum Gasteiger partial charge on any atom is 0.224 e. The Labute approximate surface area is 164 Å². The number of hydrogen-bond donors (Lipinski definition) is 2. The van der Waals surface area contributed by atoms with Gasteiger partial charge in [0, 0.05) is 25.0 Å². The standard InChI is InChI=1S/C19H24N6O2S/c1-28(26,27)17-8-6-16(7-9-17)25-18-14(12-23-25)11-22-19(24-18)21-10-13-2-4-15(20)5-3-13/h6-9,11-13,15H,2-5,10,20H2,1H3,(H,21,22,24). The zero-order chi connectivity index (χ0) is 19.7. The second-order valence-electron chi connectivity index (χ2n) is 7.46. The van der Waals surface area contributed by atoms with Gasteiger partial charge in [0.15, 0.2) is 15.5 Å². The lowest BCUT2D eigenvalue weighted by Crippen LogP contribution is -2.29. The largest absolute Gasteiger partial charge is 0.354 e. The molecule has 1 fully saturated rings. The van der Waals surface area contributed by atoms with E-state index >= 15 is 0 Å². The van der Waals surface area contributed by atoms with Crippen LogP contribution in [0.4, 0.5) is 5.95 Å². The third-order valence-electron chi connectivity index (χ3n) is 5.26. The molecule has 1 aromatic carbocycles. The molecular weight excluding hydrogens is 376 g/mol. The summed E-state index contributed by atoms with van der Waals surface area (Å²) in [6.07, 6.45) is 9.03. The minimum absolute atomic E-state index is 0.275. The van der Waals surface area contributed by atoms with Crippen LogP contribution in [0.5, 0.6) is 0 Å². The van der Waals surface area contributed by atoms with Crippen molar-refractivity contribution >= 4 is 26.8 Å². The average Bonchev–Trinajstić information content (AvgIpc) is 3.10. The summed E-state index contributed by atoms with van der Waals surface area (Å²) < 4.78 is 25.0. The molecule has 4 rings (SSSR count). The number of fused-ring (bicyclic) bond motifs is 1. The predicted molar refractivity (Wildman–Crippen MR) is 108 cm³/mol. The summed E-state index contributed by atoms with van der Waals surface area (Å²) >= 11 is 0. The number of nitrogens with one attached hydrogen (secondary N) is 1. The summed E-state index contributed by atoms with van der Waals surface area (Å²) in [5.41, 5.74) is 7.39. The maximum absolute atomic E-state index is 11.6. The number of anilines is 1. The van der Waals surface area contributed by atoms with Gasteiger partial charge in [0.1, 0.15) is 0 Å². The van der Waals surface area contributed by atoms with Crippen molar-refractivity contribution in [2.75, 3.05) is 18.1 Å². The van der Waals surface area contributed by atoms with E-state index in [9.17, 15) is 8.42 Å². The molecule has 8 nitrogen and oxygen atoms in total. The minimum atomic E-state index is -3.23. The van der Waals surface area contributed by atoms with Crippen LogP contribution >= 0.6 is 0 Å². The third-order valence-corrected chi connectivity index (χ3v) is 6.39. The molecule has 2 aromatic heterocycles.